The van der Waals surface area contributed by atoms with Crippen molar-refractivity contribution in [2.45, 2.75) is 27.7 Å². The minimum absolute atomic E-state index is 0.0108. The molecular weight excluding hydrogens is 222 g/mol. The summed E-state index contributed by atoms with van der Waals surface area (Å²) in [7, 11) is 0. The van der Waals surface area contributed by atoms with Gasteiger partial charge in [-0.3, -0.25) is 4.79 Å². The van der Waals surface area contributed by atoms with Crippen molar-refractivity contribution in [2.24, 2.45) is 5.92 Å². The van der Waals surface area contributed by atoms with Crippen molar-refractivity contribution in [2.75, 3.05) is 39.5 Å². The molecule has 0 unspecified atom stereocenters. The van der Waals surface area contributed by atoms with Crippen molar-refractivity contribution in [1.29, 1.82) is 0 Å². The third-order valence-electron chi connectivity index (χ3n) is 1.92. The van der Waals surface area contributed by atoms with Crippen LogP contribution >= 0.6 is 0 Å². The molecule has 0 saturated carbocycles. The quantitative estimate of drug-likeness (QED) is 0.615. The van der Waals surface area contributed by atoms with Crippen LogP contribution in [0, 0.1) is 5.92 Å². The molecule has 0 aromatic rings. The molecule has 0 atom stereocenters. The van der Waals surface area contributed by atoms with Crippen LogP contribution in [0.5, 0.6) is 0 Å². The van der Waals surface area contributed by atoms with Gasteiger partial charge in [0.1, 0.15) is 0 Å². The van der Waals surface area contributed by atoms with E-state index in [4.69, 9.17) is 14.9 Å². The molecule has 2 N–H and O–H groups in total. The maximum Gasteiger partial charge on any atom is 0.225 e. The van der Waals surface area contributed by atoms with E-state index in [1.54, 1.807) is 4.90 Å². The Kier molecular flexibility index (Phi) is 14.8. The molecule has 0 saturated heterocycles. The third-order valence-corrected chi connectivity index (χ3v) is 1.92. The second-order valence-corrected chi connectivity index (χ2v) is 3.54. The smallest absolute Gasteiger partial charge is 0.225 e. The van der Waals surface area contributed by atoms with Gasteiger partial charge < -0.3 is 19.8 Å². The SMILES string of the molecule is CC.CC(C)C(=O)N(CCO)CCOCCO. The average Bonchev–Trinajstić information content (AvgIpc) is 2.34. The van der Waals surface area contributed by atoms with E-state index >= 15 is 0 Å². The van der Waals surface area contributed by atoms with Crippen molar-refractivity contribution in [3.05, 3.63) is 0 Å². The lowest BCUT2D eigenvalue weighted by Gasteiger charge is -2.23. The van der Waals surface area contributed by atoms with Gasteiger partial charge in [0, 0.05) is 19.0 Å². The normalized spacial score (nSPS) is 9.82. The van der Waals surface area contributed by atoms with Crippen molar-refractivity contribution in [1.82, 2.24) is 4.90 Å². The Morgan fingerprint density at radius 3 is 2.12 bits per heavy atom. The summed E-state index contributed by atoms with van der Waals surface area (Å²) in [6.45, 7) is 9.04. The van der Waals surface area contributed by atoms with E-state index < -0.39 is 0 Å². The van der Waals surface area contributed by atoms with Crippen LogP contribution in [0.2, 0.25) is 0 Å². The Bertz CT molecular complexity index is 174. The molecule has 0 heterocycles. The number of hydrogen-bond donors (Lipinski definition) is 2. The lowest BCUT2D eigenvalue weighted by atomic mass is 10.2. The number of nitrogens with zero attached hydrogens (tertiary/aromatic N) is 1. The highest BCUT2D eigenvalue weighted by atomic mass is 16.5. The largest absolute Gasteiger partial charge is 0.395 e. The van der Waals surface area contributed by atoms with Gasteiger partial charge in [0.05, 0.1) is 26.4 Å². The van der Waals surface area contributed by atoms with Crippen molar-refractivity contribution < 1.29 is 19.7 Å². The fourth-order valence-corrected chi connectivity index (χ4v) is 1.16. The fourth-order valence-electron chi connectivity index (χ4n) is 1.16. The van der Waals surface area contributed by atoms with Crippen LogP contribution < -0.4 is 0 Å². The van der Waals surface area contributed by atoms with Crippen LogP contribution in [0.25, 0.3) is 0 Å². The predicted octanol–water partition coefficient (Wildman–Crippen LogP) is 0.498. The van der Waals surface area contributed by atoms with E-state index in [1.807, 2.05) is 27.7 Å². The molecule has 0 radical (unpaired) electrons. The zero-order chi connectivity index (χ0) is 13.7. The Hall–Kier alpha value is -0.650. The Labute approximate surface area is 104 Å². The number of aliphatic hydroxyl groups excluding tert-OH is 2. The van der Waals surface area contributed by atoms with Crippen LogP contribution in [-0.2, 0) is 9.53 Å². The molecule has 0 rings (SSSR count). The molecule has 5 nitrogen and oxygen atoms in total. The Morgan fingerprint density at radius 2 is 1.71 bits per heavy atom. The van der Waals surface area contributed by atoms with Gasteiger partial charge in [-0.2, -0.15) is 0 Å². The molecule has 0 aliphatic carbocycles. The summed E-state index contributed by atoms with van der Waals surface area (Å²) in [5.41, 5.74) is 0. The van der Waals surface area contributed by atoms with Crippen LogP contribution in [-0.4, -0.2) is 60.5 Å². The van der Waals surface area contributed by atoms with E-state index in [1.165, 1.54) is 0 Å². The second kappa shape index (κ2) is 13.4. The lowest BCUT2D eigenvalue weighted by molar-refractivity contribution is -0.135. The standard InChI is InChI=1S/C10H21NO4.C2H6/c1-9(2)10(14)11(3-5-12)4-7-15-8-6-13;1-2/h9,12-13H,3-8H2,1-2H3;1-2H3. The molecular formula is C12H27NO4. The number of ether oxygens (including phenoxy) is 1. The number of carbonyl (C=O) groups is 1. The Balaban J connectivity index is 0. The van der Waals surface area contributed by atoms with E-state index in [2.05, 4.69) is 0 Å². The molecule has 0 spiro atoms. The molecule has 0 aromatic carbocycles. The van der Waals surface area contributed by atoms with Gasteiger partial charge in [0.2, 0.25) is 5.91 Å². The molecule has 104 valence electrons. The average molecular weight is 249 g/mol. The van der Waals surface area contributed by atoms with E-state index in [-0.39, 0.29) is 31.6 Å². The minimum Gasteiger partial charge on any atom is -0.395 e. The van der Waals surface area contributed by atoms with E-state index in [0.717, 1.165) is 0 Å². The van der Waals surface area contributed by atoms with Gasteiger partial charge in [0.25, 0.3) is 0 Å². The van der Waals surface area contributed by atoms with Gasteiger partial charge in [-0.1, -0.05) is 27.7 Å². The molecule has 17 heavy (non-hydrogen) atoms. The van der Waals surface area contributed by atoms with Gasteiger partial charge in [-0.25, -0.2) is 0 Å². The summed E-state index contributed by atoms with van der Waals surface area (Å²) in [5.74, 6) is -0.0639. The van der Waals surface area contributed by atoms with E-state index in [9.17, 15) is 4.79 Å². The first kappa shape index (κ1) is 18.7. The van der Waals surface area contributed by atoms with Crippen LogP contribution in [0.3, 0.4) is 0 Å². The molecule has 0 aromatic heterocycles. The highest BCUT2D eigenvalue weighted by molar-refractivity contribution is 5.78. The first-order chi connectivity index (χ1) is 8.13. The first-order valence-corrected chi connectivity index (χ1v) is 6.21. The number of aliphatic hydroxyl groups is 2. The van der Waals surface area contributed by atoms with Crippen LogP contribution in [0.4, 0.5) is 0 Å². The number of hydrogen-bond acceptors (Lipinski definition) is 4. The van der Waals surface area contributed by atoms with Gasteiger partial charge in [-0.05, 0) is 0 Å². The summed E-state index contributed by atoms with van der Waals surface area (Å²) < 4.78 is 5.06. The number of carbonyl (C=O) groups excluding carboxylic acids is 1. The fraction of sp³-hybridized carbons (Fsp3) is 0.917. The monoisotopic (exact) mass is 249 g/mol. The highest BCUT2D eigenvalue weighted by Gasteiger charge is 2.15. The van der Waals surface area contributed by atoms with Crippen LogP contribution in [0.1, 0.15) is 27.7 Å². The zero-order valence-corrected chi connectivity index (χ0v) is 11.5. The molecule has 0 aliphatic rings. The minimum atomic E-state index is -0.0746. The van der Waals surface area contributed by atoms with E-state index in [0.29, 0.717) is 19.7 Å². The first-order valence-electron chi connectivity index (χ1n) is 6.21. The van der Waals surface area contributed by atoms with Gasteiger partial charge >= 0.3 is 0 Å². The summed E-state index contributed by atoms with van der Waals surface area (Å²) >= 11 is 0. The van der Waals surface area contributed by atoms with Crippen molar-refractivity contribution in [3.63, 3.8) is 0 Å². The lowest BCUT2D eigenvalue weighted by Crippen LogP contribution is -2.38. The molecule has 5 heteroatoms. The van der Waals surface area contributed by atoms with Crippen LogP contribution in [0.15, 0.2) is 0 Å². The topological polar surface area (TPSA) is 70.0 Å². The summed E-state index contributed by atoms with van der Waals surface area (Å²) in [6, 6.07) is 0. The third kappa shape index (κ3) is 10.2. The maximum absolute atomic E-state index is 11.6. The number of rotatable bonds is 8. The number of amides is 1. The summed E-state index contributed by atoms with van der Waals surface area (Å²) in [5, 5.41) is 17.3. The Morgan fingerprint density at radius 1 is 1.12 bits per heavy atom. The van der Waals surface area contributed by atoms with Gasteiger partial charge in [-0.15, -0.1) is 0 Å². The summed E-state index contributed by atoms with van der Waals surface area (Å²) in [6.07, 6.45) is 0. The summed E-state index contributed by atoms with van der Waals surface area (Å²) in [4.78, 5) is 13.2. The molecule has 0 fully saturated rings. The van der Waals surface area contributed by atoms with Crippen molar-refractivity contribution in [3.8, 4) is 0 Å². The molecule has 0 bridgehead atoms. The van der Waals surface area contributed by atoms with Crippen molar-refractivity contribution >= 4 is 5.91 Å². The molecule has 0 aliphatic heterocycles. The highest BCUT2D eigenvalue weighted by Crippen LogP contribution is 2.00. The maximum atomic E-state index is 11.6. The molecule has 1 amide bonds. The zero-order valence-electron chi connectivity index (χ0n) is 11.5. The second-order valence-electron chi connectivity index (χ2n) is 3.54. The van der Waals surface area contributed by atoms with Gasteiger partial charge in [0.15, 0.2) is 0 Å². The predicted molar refractivity (Wildman–Crippen MR) is 67.8 cm³/mol.